The molecule has 122 valence electrons. The first-order chi connectivity index (χ1) is 11.3. The molecule has 1 N–H and O–H groups in total. The monoisotopic (exact) mass is 315 g/mol. The van der Waals surface area contributed by atoms with E-state index in [0.717, 1.165) is 56.5 Å². The second-order valence-electron chi connectivity index (χ2n) is 5.26. The van der Waals surface area contributed by atoms with Gasteiger partial charge in [0.25, 0.3) is 0 Å². The lowest BCUT2D eigenvalue weighted by atomic mass is 10.2. The van der Waals surface area contributed by atoms with Gasteiger partial charge in [0.2, 0.25) is 5.88 Å². The Morgan fingerprint density at radius 1 is 1.22 bits per heavy atom. The number of anilines is 1. The minimum Gasteiger partial charge on any atom is -0.481 e. The summed E-state index contributed by atoms with van der Waals surface area (Å²) in [6.45, 7) is 5.46. The fourth-order valence-corrected chi connectivity index (χ4v) is 2.43. The van der Waals surface area contributed by atoms with Crippen LogP contribution >= 0.6 is 0 Å². The molecule has 2 aromatic heterocycles. The third-order valence-corrected chi connectivity index (χ3v) is 3.75. The SMILES string of the molecule is COc1ccc(-c2cc(NCCN3CCOCC3)ncn2)cn1. The lowest BCUT2D eigenvalue weighted by molar-refractivity contribution is 0.0398. The number of ether oxygens (including phenoxy) is 2. The van der Waals surface area contributed by atoms with Crippen LogP contribution in [0.2, 0.25) is 0 Å². The fraction of sp³-hybridized carbons (Fsp3) is 0.438. The van der Waals surface area contributed by atoms with Gasteiger partial charge < -0.3 is 14.8 Å². The smallest absolute Gasteiger partial charge is 0.212 e. The van der Waals surface area contributed by atoms with Crippen LogP contribution in [-0.2, 0) is 4.74 Å². The first kappa shape index (κ1) is 15.6. The van der Waals surface area contributed by atoms with Gasteiger partial charge in [0.1, 0.15) is 12.1 Å². The van der Waals surface area contributed by atoms with E-state index in [1.165, 1.54) is 0 Å². The lowest BCUT2D eigenvalue weighted by Crippen LogP contribution is -2.39. The summed E-state index contributed by atoms with van der Waals surface area (Å²) in [5, 5.41) is 3.35. The number of pyridine rings is 1. The van der Waals surface area contributed by atoms with Gasteiger partial charge in [0.15, 0.2) is 0 Å². The Labute approximate surface area is 135 Å². The quantitative estimate of drug-likeness (QED) is 0.861. The van der Waals surface area contributed by atoms with Crippen molar-refractivity contribution in [3.63, 3.8) is 0 Å². The van der Waals surface area contributed by atoms with Gasteiger partial charge in [0, 0.05) is 50.1 Å². The zero-order chi connectivity index (χ0) is 15.9. The molecule has 7 heteroatoms. The minimum absolute atomic E-state index is 0.590. The Bertz CT molecular complexity index is 614. The van der Waals surface area contributed by atoms with E-state index in [1.807, 2.05) is 18.2 Å². The highest BCUT2D eigenvalue weighted by Gasteiger charge is 2.09. The number of aromatic nitrogens is 3. The number of rotatable bonds is 6. The van der Waals surface area contributed by atoms with E-state index in [-0.39, 0.29) is 0 Å². The summed E-state index contributed by atoms with van der Waals surface area (Å²) in [4.78, 5) is 15.2. The maximum atomic E-state index is 5.35. The van der Waals surface area contributed by atoms with Crippen LogP contribution in [0, 0.1) is 0 Å². The molecule has 0 amide bonds. The van der Waals surface area contributed by atoms with Crippen molar-refractivity contribution in [2.45, 2.75) is 0 Å². The molecule has 7 nitrogen and oxygen atoms in total. The van der Waals surface area contributed by atoms with E-state index in [2.05, 4.69) is 25.2 Å². The molecule has 1 fully saturated rings. The van der Waals surface area contributed by atoms with Gasteiger partial charge in [-0.25, -0.2) is 15.0 Å². The number of hydrogen-bond donors (Lipinski definition) is 1. The molecule has 0 atom stereocenters. The maximum absolute atomic E-state index is 5.35. The Morgan fingerprint density at radius 2 is 2.09 bits per heavy atom. The molecule has 23 heavy (non-hydrogen) atoms. The first-order valence-corrected chi connectivity index (χ1v) is 7.71. The molecule has 1 saturated heterocycles. The Hall–Kier alpha value is -2.25. The van der Waals surface area contributed by atoms with Crippen molar-refractivity contribution < 1.29 is 9.47 Å². The molecule has 1 aliphatic heterocycles. The van der Waals surface area contributed by atoms with Gasteiger partial charge in [-0.1, -0.05) is 0 Å². The molecular formula is C16H21N5O2. The number of nitrogens with one attached hydrogen (secondary N) is 1. The van der Waals surface area contributed by atoms with Gasteiger partial charge in [-0.15, -0.1) is 0 Å². The summed E-state index contributed by atoms with van der Waals surface area (Å²) in [5.41, 5.74) is 1.77. The van der Waals surface area contributed by atoms with Gasteiger partial charge in [-0.2, -0.15) is 0 Å². The molecule has 0 saturated carbocycles. The molecular weight excluding hydrogens is 294 g/mol. The van der Waals surface area contributed by atoms with Crippen LogP contribution in [0.1, 0.15) is 0 Å². The highest BCUT2D eigenvalue weighted by atomic mass is 16.5. The average Bonchev–Trinajstić information content (AvgIpc) is 2.63. The minimum atomic E-state index is 0.590. The molecule has 0 spiro atoms. The Morgan fingerprint density at radius 3 is 2.83 bits per heavy atom. The van der Waals surface area contributed by atoms with Gasteiger partial charge in [-0.05, 0) is 6.07 Å². The second-order valence-corrected chi connectivity index (χ2v) is 5.26. The molecule has 2 aromatic rings. The van der Waals surface area contributed by atoms with Crippen molar-refractivity contribution in [3.8, 4) is 17.1 Å². The highest BCUT2D eigenvalue weighted by molar-refractivity contribution is 5.61. The summed E-state index contributed by atoms with van der Waals surface area (Å²) in [7, 11) is 1.60. The van der Waals surface area contributed by atoms with Crippen molar-refractivity contribution in [1.82, 2.24) is 19.9 Å². The molecule has 0 aromatic carbocycles. The van der Waals surface area contributed by atoms with E-state index in [1.54, 1.807) is 19.6 Å². The molecule has 0 radical (unpaired) electrons. The summed E-state index contributed by atoms with van der Waals surface area (Å²) in [5.74, 6) is 1.41. The first-order valence-electron chi connectivity index (χ1n) is 7.71. The van der Waals surface area contributed by atoms with Crippen molar-refractivity contribution >= 4 is 5.82 Å². The van der Waals surface area contributed by atoms with E-state index in [9.17, 15) is 0 Å². The van der Waals surface area contributed by atoms with Crippen LogP contribution in [0.5, 0.6) is 5.88 Å². The standard InChI is InChI=1S/C16H21N5O2/c1-22-16-3-2-13(11-18-16)14-10-15(20-12-19-14)17-4-5-21-6-8-23-9-7-21/h2-3,10-12H,4-9H2,1H3,(H,17,19,20). The van der Waals surface area contributed by atoms with Crippen molar-refractivity contribution in [2.75, 3.05) is 51.8 Å². The van der Waals surface area contributed by atoms with Gasteiger partial charge >= 0.3 is 0 Å². The molecule has 1 aliphatic rings. The van der Waals surface area contributed by atoms with E-state index < -0.39 is 0 Å². The Kier molecular flexibility index (Phi) is 5.33. The average molecular weight is 315 g/mol. The van der Waals surface area contributed by atoms with Crippen LogP contribution < -0.4 is 10.1 Å². The van der Waals surface area contributed by atoms with E-state index >= 15 is 0 Å². The van der Waals surface area contributed by atoms with Gasteiger partial charge in [0.05, 0.1) is 26.0 Å². The third kappa shape index (κ3) is 4.37. The largest absolute Gasteiger partial charge is 0.481 e. The van der Waals surface area contributed by atoms with Gasteiger partial charge in [-0.3, -0.25) is 4.90 Å². The lowest BCUT2D eigenvalue weighted by Gasteiger charge is -2.26. The van der Waals surface area contributed by atoms with Crippen LogP contribution in [0.4, 0.5) is 5.82 Å². The zero-order valence-electron chi connectivity index (χ0n) is 13.2. The van der Waals surface area contributed by atoms with Crippen molar-refractivity contribution in [2.24, 2.45) is 0 Å². The van der Waals surface area contributed by atoms with E-state index in [4.69, 9.17) is 9.47 Å². The highest BCUT2D eigenvalue weighted by Crippen LogP contribution is 2.19. The molecule has 0 unspecified atom stereocenters. The maximum Gasteiger partial charge on any atom is 0.212 e. The molecule has 0 bridgehead atoms. The van der Waals surface area contributed by atoms with Crippen LogP contribution in [-0.4, -0.2) is 66.4 Å². The fourth-order valence-electron chi connectivity index (χ4n) is 2.43. The normalized spacial score (nSPS) is 15.3. The summed E-state index contributed by atoms with van der Waals surface area (Å²) in [6.07, 6.45) is 3.31. The number of morpholine rings is 1. The number of methoxy groups -OCH3 is 1. The molecule has 0 aliphatic carbocycles. The number of hydrogen-bond acceptors (Lipinski definition) is 7. The van der Waals surface area contributed by atoms with Crippen molar-refractivity contribution in [1.29, 1.82) is 0 Å². The molecule has 3 heterocycles. The van der Waals surface area contributed by atoms with E-state index in [0.29, 0.717) is 5.88 Å². The topological polar surface area (TPSA) is 72.4 Å². The second kappa shape index (κ2) is 7.85. The zero-order valence-corrected chi connectivity index (χ0v) is 13.2. The predicted molar refractivity (Wildman–Crippen MR) is 87.6 cm³/mol. The third-order valence-electron chi connectivity index (χ3n) is 3.75. The summed E-state index contributed by atoms with van der Waals surface area (Å²) >= 11 is 0. The van der Waals surface area contributed by atoms with Crippen LogP contribution in [0.15, 0.2) is 30.7 Å². The summed E-state index contributed by atoms with van der Waals surface area (Å²) in [6, 6.07) is 5.69. The Balaban J connectivity index is 1.58. The van der Waals surface area contributed by atoms with Crippen LogP contribution in [0.3, 0.4) is 0 Å². The number of nitrogens with zero attached hydrogens (tertiary/aromatic N) is 4. The van der Waals surface area contributed by atoms with Crippen molar-refractivity contribution in [3.05, 3.63) is 30.7 Å². The summed E-state index contributed by atoms with van der Waals surface area (Å²) < 4.78 is 10.4. The predicted octanol–water partition coefficient (Wildman–Crippen LogP) is 1.29. The van der Waals surface area contributed by atoms with Crippen LogP contribution in [0.25, 0.3) is 11.3 Å². The molecule has 3 rings (SSSR count).